The summed E-state index contributed by atoms with van der Waals surface area (Å²) >= 11 is 0. The number of benzene rings is 1. The Labute approximate surface area is 147 Å². The number of hydrogen-bond acceptors (Lipinski definition) is 4. The molecule has 25 heavy (non-hydrogen) atoms. The predicted molar refractivity (Wildman–Crippen MR) is 92.5 cm³/mol. The van der Waals surface area contributed by atoms with Crippen molar-refractivity contribution in [3.05, 3.63) is 23.8 Å². The molecule has 0 radical (unpaired) electrons. The van der Waals surface area contributed by atoms with Crippen LogP contribution in [-0.2, 0) is 4.79 Å². The normalized spacial score (nSPS) is 18.3. The smallest absolute Gasteiger partial charge is 0.319 e. The van der Waals surface area contributed by atoms with Gasteiger partial charge in [-0.1, -0.05) is 6.07 Å². The number of hydrogen-bond donors (Lipinski definition) is 1. The lowest BCUT2D eigenvalue weighted by Gasteiger charge is -2.22. The van der Waals surface area contributed by atoms with E-state index in [9.17, 15) is 9.59 Å². The molecule has 0 aromatic heterocycles. The zero-order chi connectivity index (χ0) is 18.0. The third-order valence-corrected chi connectivity index (χ3v) is 4.73. The van der Waals surface area contributed by atoms with Crippen LogP contribution in [0.4, 0.5) is 4.79 Å². The quantitative estimate of drug-likeness (QED) is 0.854. The number of carbonyl (C=O) groups excluding carboxylic acids is 2. The summed E-state index contributed by atoms with van der Waals surface area (Å²) in [6, 6.07) is 5.11. The predicted octanol–water partition coefficient (Wildman–Crippen LogP) is 1.99. The van der Waals surface area contributed by atoms with Gasteiger partial charge in [0.25, 0.3) is 0 Å². The molecule has 0 spiro atoms. The maximum atomic E-state index is 12.5. The number of ether oxygens (including phenoxy) is 2. The lowest BCUT2D eigenvalue weighted by Crippen LogP contribution is -2.40. The first-order valence-electron chi connectivity index (χ1n) is 8.57. The molecule has 1 saturated heterocycles. The molecule has 1 atom stereocenters. The van der Waals surface area contributed by atoms with E-state index in [0.29, 0.717) is 24.1 Å². The fourth-order valence-corrected chi connectivity index (χ4v) is 2.99. The Hall–Kier alpha value is -2.44. The fraction of sp³-hybridized carbons (Fsp3) is 0.556. The number of nitrogens with one attached hydrogen (secondary N) is 1. The minimum Gasteiger partial charge on any atom is -0.493 e. The van der Waals surface area contributed by atoms with E-state index in [4.69, 9.17) is 9.47 Å². The van der Waals surface area contributed by atoms with Crippen LogP contribution in [0.15, 0.2) is 18.2 Å². The number of carbonyl (C=O) groups is 2. The molecule has 2 aliphatic rings. The molecule has 1 unspecified atom stereocenters. The molecular formula is C18H25N3O4. The van der Waals surface area contributed by atoms with Gasteiger partial charge in [-0.2, -0.15) is 0 Å². The summed E-state index contributed by atoms with van der Waals surface area (Å²) in [7, 11) is 3.16. The van der Waals surface area contributed by atoms with E-state index >= 15 is 0 Å². The summed E-state index contributed by atoms with van der Waals surface area (Å²) in [5.74, 6) is 1.91. The van der Waals surface area contributed by atoms with Gasteiger partial charge >= 0.3 is 6.03 Å². The van der Waals surface area contributed by atoms with Gasteiger partial charge in [-0.05, 0) is 43.4 Å². The van der Waals surface area contributed by atoms with Crippen molar-refractivity contribution in [3.8, 4) is 11.5 Å². The van der Waals surface area contributed by atoms with Gasteiger partial charge in [0, 0.05) is 6.54 Å². The molecule has 1 N–H and O–H groups in total. The standard InChI is InChI=1S/C18H25N3O4/c1-12(14-6-7-15(24-2)16(8-14)25-3)19-18(23)21-10-17(22)20(11-21)9-13-4-5-13/h6-8,12-13H,4-5,9-11H2,1-3H3,(H,19,23). The number of methoxy groups -OCH3 is 2. The average molecular weight is 347 g/mol. The molecule has 0 bridgehead atoms. The molecule has 7 heteroatoms. The second-order valence-electron chi connectivity index (χ2n) is 6.68. The van der Waals surface area contributed by atoms with E-state index in [1.807, 2.05) is 25.1 Å². The van der Waals surface area contributed by atoms with Crippen molar-refractivity contribution in [3.63, 3.8) is 0 Å². The van der Waals surface area contributed by atoms with Crippen LogP contribution >= 0.6 is 0 Å². The largest absolute Gasteiger partial charge is 0.493 e. The van der Waals surface area contributed by atoms with Crippen LogP contribution in [0.25, 0.3) is 0 Å². The first kappa shape index (κ1) is 17.4. The van der Waals surface area contributed by atoms with Gasteiger partial charge in [0.2, 0.25) is 5.91 Å². The zero-order valence-electron chi connectivity index (χ0n) is 14.9. The third-order valence-electron chi connectivity index (χ3n) is 4.73. The lowest BCUT2D eigenvalue weighted by atomic mass is 10.1. The van der Waals surface area contributed by atoms with Crippen LogP contribution in [0.2, 0.25) is 0 Å². The minimum atomic E-state index is -0.228. The number of rotatable bonds is 6. The van der Waals surface area contributed by atoms with E-state index in [-0.39, 0.29) is 24.5 Å². The summed E-state index contributed by atoms with van der Waals surface area (Å²) in [5.41, 5.74) is 0.909. The van der Waals surface area contributed by atoms with Crippen molar-refractivity contribution in [1.29, 1.82) is 0 Å². The summed E-state index contributed by atoms with van der Waals surface area (Å²) < 4.78 is 10.5. The van der Waals surface area contributed by atoms with Crippen molar-refractivity contribution < 1.29 is 19.1 Å². The van der Waals surface area contributed by atoms with E-state index in [1.165, 1.54) is 12.8 Å². The Kier molecular flexibility index (Phi) is 5.01. The maximum Gasteiger partial charge on any atom is 0.319 e. The number of amides is 3. The highest BCUT2D eigenvalue weighted by molar-refractivity contribution is 5.87. The van der Waals surface area contributed by atoms with Gasteiger partial charge in [0.05, 0.1) is 26.9 Å². The Balaban J connectivity index is 1.59. The van der Waals surface area contributed by atoms with E-state index in [2.05, 4.69) is 5.32 Å². The number of urea groups is 1. The van der Waals surface area contributed by atoms with Crippen molar-refractivity contribution in [1.82, 2.24) is 15.1 Å². The van der Waals surface area contributed by atoms with E-state index in [1.54, 1.807) is 24.0 Å². The molecule has 136 valence electrons. The first-order chi connectivity index (χ1) is 12.0. The lowest BCUT2D eigenvalue weighted by molar-refractivity contribution is -0.126. The van der Waals surface area contributed by atoms with Crippen LogP contribution in [0.5, 0.6) is 11.5 Å². The first-order valence-corrected chi connectivity index (χ1v) is 8.57. The molecule has 1 heterocycles. The summed E-state index contributed by atoms with van der Waals surface area (Å²) in [5, 5.41) is 2.95. The van der Waals surface area contributed by atoms with Crippen LogP contribution in [0, 0.1) is 5.92 Å². The Bertz CT molecular complexity index is 660. The zero-order valence-corrected chi connectivity index (χ0v) is 14.9. The van der Waals surface area contributed by atoms with Gasteiger partial charge < -0.3 is 19.7 Å². The molecule has 1 aromatic carbocycles. The molecule has 7 nitrogen and oxygen atoms in total. The van der Waals surface area contributed by atoms with Gasteiger partial charge in [-0.15, -0.1) is 0 Å². The Morgan fingerprint density at radius 3 is 2.64 bits per heavy atom. The van der Waals surface area contributed by atoms with Crippen molar-refractivity contribution in [2.24, 2.45) is 5.92 Å². The van der Waals surface area contributed by atoms with Crippen LogP contribution in [0.3, 0.4) is 0 Å². The Morgan fingerprint density at radius 1 is 1.28 bits per heavy atom. The highest BCUT2D eigenvalue weighted by Gasteiger charge is 2.35. The van der Waals surface area contributed by atoms with Crippen molar-refractivity contribution in [2.75, 3.05) is 34.0 Å². The van der Waals surface area contributed by atoms with Crippen molar-refractivity contribution >= 4 is 11.9 Å². The second-order valence-corrected chi connectivity index (χ2v) is 6.68. The molecule has 3 amide bonds. The molecule has 1 saturated carbocycles. The Morgan fingerprint density at radius 2 is 2.00 bits per heavy atom. The molecule has 2 fully saturated rings. The van der Waals surface area contributed by atoms with E-state index in [0.717, 1.165) is 12.1 Å². The van der Waals surface area contributed by atoms with Gasteiger partial charge in [-0.25, -0.2) is 4.79 Å². The summed E-state index contributed by atoms with van der Waals surface area (Å²) in [4.78, 5) is 27.8. The molecule has 1 aliphatic carbocycles. The molecule has 3 rings (SSSR count). The summed E-state index contributed by atoms with van der Waals surface area (Å²) in [6.45, 7) is 3.20. The minimum absolute atomic E-state index is 0.0285. The highest BCUT2D eigenvalue weighted by Crippen LogP contribution is 2.31. The van der Waals surface area contributed by atoms with Crippen LogP contribution < -0.4 is 14.8 Å². The SMILES string of the molecule is COc1ccc(C(C)NC(=O)N2CC(=O)N(CC3CC3)C2)cc1OC. The van der Waals surface area contributed by atoms with Crippen molar-refractivity contribution in [2.45, 2.75) is 25.8 Å². The van der Waals surface area contributed by atoms with Gasteiger partial charge in [0.15, 0.2) is 11.5 Å². The van der Waals surface area contributed by atoms with E-state index < -0.39 is 0 Å². The average Bonchev–Trinajstić information content (AvgIpc) is 3.35. The van der Waals surface area contributed by atoms with Crippen LogP contribution in [0.1, 0.15) is 31.4 Å². The van der Waals surface area contributed by atoms with Gasteiger partial charge in [0.1, 0.15) is 6.54 Å². The topological polar surface area (TPSA) is 71.1 Å². The third kappa shape index (κ3) is 3.97. The summed E-state index contributed by atoms with van der Waals surface area (Å²) in [6.07, 6.45) is 2.37. The molecular weight excluding hydrogens is 322 g/mol. The highest BCUT2D eigenvalue weighted by atomic mass is 16.5. The molecule has 1 aromatic rings. The fourth-order valence-electron chi connectivity index (χ4n) is 2.99. The number of nitrogens with zero attached hydrogens (tertiary/aromatic N) is 2. The molecule has 1 aliphatic heterocycles. The maximum absolute atomic E-state index is 12.5. The van der Waals surface area contributed by atoms with Crippen LogP contribution in [-0.4, -0.2) is 55.7 Å². The second kappa shape index (κ2) is 7.21. The van der Waals surface area contributed by atoms with Gasteiger partial charge in [-0.3, -0.25) is 9.69 Å². The monoisotopic (exact) mass is 347 g/mol.